The number of methoxy groups -OCH3 is 1. The number of non-ortho nitro benzene ring substituents is 1. The molecule has 0 unspecified atom stereocenters. The number of nitrogens with one attached hydrogen (secondary N) is 1. The lowest BCUT2D eigenvalue weighted by Gasteiger charge is -2.07. The summed E-state index contributed by atoms with van der Waals surface area (Å²) in [6.07, 6.45) is 0. The number of rotatable bonds is 6. The van der Waals surface area contributed by atoms with Crippen molar-refractivity contribution in [1.29, 1.82) is 0 Å². The van der Waals surface area contributed by atoms with Crippen LogP contribution >= 0.6 is 0 Å². The Hall–Kier alpha value is -4.53. The van der Waals surface area contributed by atoms with Gasteiger partial charge in [0.05, 0.1) is 23.2 Å². The van der Waals surface area contributed by atoms with E-state index in [1.165, 1.54) is 24.3 Å². The SMILES string of the molecule is COc1ccc(-c2noc(-c3ccccc3C(=O)Nc3ccc([N+](=O)[O-])cc3)n2)cc1. The fraction of sp³-hybridized carbons (Fsp3) is 0.0455. The number of nitrogens with zero attached hydrogens (tertiary/aromatic N) is 3. The predicted molar refractivity (Wildman–Crippen MR) is 113 cm³/mol. The number of benzene rings is 3. The maximum Gasteiger partial charge on any atom is 0.269 e. The molecule has 154 valence electrons. The largest absolute Gasteiger partial charge is 0.497 e. The van der Waals surface area contributed by atoms with E-state index in [4.69, 9.17) is 9.26 Å². The molecule has 4 rings (SSSR count). The molecule has 0 aliphatic carbocycles. The number of hydrogen-bond donors (Lipinski definition) is 1. The van der Waals surface area contributed by atoms with Crippen LogP contribution in [0.15, 0.2) is 77.3 Å². The number of ether oxygens (including phenoxy) is 1. The second-order valence-electron chi connectivity index (χ2n) is 6.46. The first kappa shape index (κ1) is 19.8. The third-order valence-electron chi connectivity index (χ3n) is 4.51. The monoisotopic (exact) mass is 416 g/mol. The van der Waals surface area contributed by atoms with Gasteiger partial charge in [0.15, 0.2) is 0 Å². The summed E-state index contributed by atoms with van der Waals surface area (Å²) in [5.41, 5.74) is 1.90. The highest BCUT2D eigenvalue weighted by molar-refractivity contribution is 6.08. The summed E-state index contributed by atoms with van der Waals surface area (Å²) < 4.78 is 10.5. The average Bonchev–Trinajstić information content (AvgIpc) is 3.29. The van der Waals surface area contributed by atoms with Crippen LogP contribution in [0.25, 0.3) is 22.8 Å². The molecule has 0 aliphatic rings. The van der Waals surface area contributed by atoms with Crippen molar-refractivity contribution in [2.24, 2.45) is 0 Å². The Bertz CT molecular complexity index is 1230. The van der Waals surface area contributed by atoms with Gasteiger partial charge in [0.1, 0.15) is 5.75 Å². The molecule has 31 heavy (non-hydrogen) atoms. The lowest BCUT2D eigenvalue weighted by atomic mass is 10.1. The van der Waals surface area contributed by atoms with Gasteiger partial charge in [-0.15, -0.1) is 0 Å². The highest BCUT2D eigenvalue weighted by atomic mass is 16.6. The number of carbonyl (C=O) groups is 1. The first-order valence-corrected chi connectivity index (χ1v) is 9.18. The summed E-state index contributed by atoms with van der Waals surface area (Å²) in [6.45, 7) is 0. The minimum absolute atomic E-state index is 0.0599. The second kappa shape index (κ2) is 8.46. The second-order valence-corrected chi connectivity index (χ2v) is 6.46. The quantitative estimate of drug-likeness (QED) is 0.361. The van der Waals surface area contributed by atoms with Crippen molar-refractivity contribution in [2.45, 2.75) is 0 Å². The van der Waals surface area contributed by atoms with Crippen LogP contribution in [0.4, 0.5) is 11.4 Å². The Labute approximate surface area is 176 Å². The van der Waals surface area contributed by atoms with E-state index in [0.717, 1.165) is 5.56 Å². The lowest BCUT2D eigenvalue weighted by Crippen LogP contribution is -2.13. The van der Waals surface area contributed by atoms with Crippen molar-refractivity contribution in [3.8, 4) is 28.6 Å². The standard InChI is InChI=1S/C22H16N4O5/c1-30-17-12-6-14(7-13-17)20-24-22(31-25-20)19-5-3-2-4-18(19)21(27)23-15-8-10-16(11-9-15)26(28)29/h2-13H,1H3,(H,23,27). The van der Waals surface area contributed by atoms with Crippen molar-refractivity contribution >= 4 is 17.3 Å². The Morgan fingerprint density at radius 3 is 2.42 bits per heavy atom. The van der Waals surface area contributed by atoms with Gasteiger partial charge in [-0.05, 0) is 48.5 Å². The molecule has 1 N–H and O–H groups in total. The van der Waals surface area contributed by atoms with Gasteiger partial charge < -0.3 is 14.6 Å². The highest BCUT2D eigenvalue weighted by Gasteiger charge is 2.18. The zero-order valence-electron chi connectivity index (χ0n) is 16.3. The molecule has 0 aliphatic heterocycles. The number of amides is 1. The van der Waals surface area contributed by atoms with Gasteiger partial charge in [0.2, 0.25) is 5.82 Å². The number of nitro groups is 1. The van der Waals surface area contributed by atoms with Crippen LogP contribution in [0.5, 0.6) is 5.75 Å². The van der Waals surface area contributed by atoms with E-state index in [1.807, 2.05) is 0 Å². The first-order chi connectivity index (χ1) is 15.0. The zero-order valence-corrected chi connectivity index (χ0v) is 16.3. The molecule has 1 heterocycles. The van der Waals surface area contributed by atoms with E-state index in [9.17, 15) is 14.9 Å². The fourth-order valence-electron chi connectivity index (χ4n) is 2.92. The van der Waals surface area contributed by atoms with Crippen molar-refractivity contribution in [3.05, 3.63) is 88.5 Å². The topological polar surface area (TPSA) is 120 Å². The molecule has 1 amide bonds. The summed E-state index contributed by atoms with van der Waals surface area (Å²) in [7, 11) is 1.58. The third-order valence-corrected chi connectivity index (χ3v) is 4.51. The molecule has 0 saturated heterocycles. The van der Waals surface area contributed by atoms with Crippen LogP contribution in [-0.2, 0) is 0 Å². The molecule has 4 aromatic rings. The van der Waals surface area contributed by atoms with Crippen LogP contribution in [-0.4, -0.2) is 28.1 Å². The molecule has 0 saturated carbocycles. The zero-order chi connectivity index (χ0) is 21.8. The Morgan fingerprint density at radius 1 is 1.03 bits per heavy atom. The molecule has 3 aromatic carbocycles. The van der Waals surface area contributed by atoms with E-state index in [1.54, 1.807) is 55.6 Å². The molecule has 9 heteroatoms. The number of carbonyl (C=O) groups excluding carboxylic acids is 1. The molecule has 0 spiro atoms. The van der Waals surface area contributed by atoms with E-state index in [-0.39, 0.29) is 11.6 Å². The highest BCUT2D eigenvalue weighted by Crippen LogP contribution is 2.27. The Balaban J connectivity index is 1.59. The van der Waals surface area contributed by atoms with Gasteiger partial charge in [0, 0.05) is 23.4 Å². The van der Waals surface area contributed by atoms with Crippen LogP contribution in [0.2, 0.25) is 0 Å². The van der Waals surface area contributed by atoms with Gasteiger partial charge in [-0.25, -0.2) is 0 Å². The minimum atomic E-state index is -0.503. The van der Waals surface area contributed by atoms with Crippen LogP contribution in [0.3, 0.4) is 0 Å². The smallest absolute Gasteiger partial charge is 0.269 e. The predicted octanol–water partition coefficient (Wildman–Crippen LogP) is 4.57. The normalized spacial score (nSPS) is 10.5. The number of aromatic nitrogens is 2. The maximum absolute atomic E-state index is 12.8. The third kappa shape index (κ3) is 4.25. The summed E-state index contributed by atoms with van der Waals surface area (Å²) >= 11 is 0. The van der Waals surface area contributed by atoms with E-state index in [0.29, 0.717) is 28.4 Å². The summed E-state index contributed by atoms with van der Waals surface area (Å²) in [4.78, 5) is 27.5. The van der Waals surface area contributed by atoms with Crippen molar-refractivity contribution < 1.29 is 19.0 Å². The fourth-order valence-corrected chi connectivity index (χ4v) is 2.92. The lowest BCUT2D eigenvalue weighted by molar-refractivity contribution is -0.384. The van der Waals surface area contributed by atoms with E-state index >= 15 is 0 Å². The van der Waals surface area contributed by atoms with Crippen LogP contribution < -0.4 is 10.1 Å². The molecule has 0 bridgehead atoms. The van der Waals surface area contributed by atoms with Gasteiger partial charge in [-0.2, -0.15) is 4.98 Å². The minimum Gasteiger partial charge on any atom is -0.497 e. The first-order valence-electron chi connectivity index (χ1n) is 9.18. The summed E-state index contributed by atoms with van der Waals surface area (Å²) in [5.74, 6) is 0.873. The molecule has 0 radical (unpaired) electrons. The van der Waals surface area contributed by atoms with E-state index in [2.05, 4.69) is 15.5 Å². The summed E-state index contributed by atoms with van der Waals surface area (Å²) in [5, 5.41) is 17.5. The van der Waals surface area contributed by atoms with Gasteiger partial charge in [0.25, 0.3) is 17.5 Å². The van der Waals surface area contributed by atoms with Crippen LogP contribution in [0, 0.1) is 10.1 Å². The number of hydrogen-bond acceptors (Lipinski definition) is 7. The van der Waals surface area contributed by atoms with Crippen molar-refractivity contribution in [2.75, 3.05) is 12.4 Å². The molecule has 0 fully saturated rings. The number of nitro benzene ring substituents is 1. The number of anilines is 1. The maximum atomic E-state index is 12.8. The molecule has 0 atom stereocenters. The van der Waals surface area contributed by atoms with E-state index < -0.39 is 10.8 Å². The van der Waals surface area contributed by atoms with Crippen LogP contribution in [0.1, 0.15) is 10.4 Å². The Morgan fingerprint density at radius 2 is 1.74 bits per heavy atom. The van der Waals surface area contributed by atoms with Crippen molar-refractivity contribution in [1.82, 2.24) is 10.1 Å². The molecular weight excluding hydrogens is 400 g/mol. The Kier molecular flexibility index (Phi) is 5.39. The molecule has 9 nitrogen and oxygen atoms in total. The summed E-state index contributed by atoms with van der Waals surface area (Å²) in [6, 6.07) is 19.6. The average molecular weight is 416 g/mol. The van der Waals surface area contributed by atoms with Gasteiger partial charge in [-0.1, -0.05) is 17.3 Å². The van der Waals surface area contributed by atoms with Crippen molar-refractivity contribution in [3.63, 3.8) is 0 Å². The molecular formula is C22H16N4O5. The van der Waals surface area contributed by atoms with Gasteiger partial charge in [-0.3, -0.25) is 14.9 Å². The van der Waals surface area contributed by atoms with Gasteiger partial charge >= 0.3 is 0 Å². The molecule has 1 aromatic heterocycles.